The first-order valence-corrected chi connectivity index (χ1v) is 7.87. The summed E-state index contributed by atoms with van der Waals surface area (Å²) in [6.45, 7) is 6.04. The Morgan fingerprint density at radius 2 is 2.33 bits per heavy atom. The third kappa shape index (κ3) is 2.92. The van der Waals surface area contributed by atoms with E-state index in [4.69, 9.17) is 9.72 Å². The fourth-order valence-corrected chi connectivity index (χ4v) is 4.00. The molecule has 1 N–H and O–H groups in total. The second kappa shape index (κ2) is 6.64. The van der Waals surface area contributed by atoms with Crippen LogP contribution in [0, 0.1) is 0 Å². The highest BCUT2D eigenvalue weighted by molar-refractivity contribution is 7.11. The Morgan fingerprint density at radius 3 is 3.00 bits per heavy atom. The molecule has 0 bridgehead atoms. The van der Waals surface area contributed by atoms with Crippen molar-refractivity contribution < 1.29 is 4.74 Å². The van der Waals surface area contributed by atoms with E-state index in [1.54, 1.807) is 0 Å². The third-order valence-electron chi connectivity index (χ3n) is 3.55. The predicted molar refractivity (Wildman–Crippen MR) is 76.4 cm³/mol. The molecule has 4 heteroatoms. The minimum Gasteiger partial charge on any atom is -0.371 e. The van der Waals surface area contributed by atoms with Crippen LogP contribution in [0.4, 0.5) is 0 Å². The minimum absolute atomic E-state index is 0.195. The molecule has 2 atom stereocenters. The first-order valence-electron chi connectivity index (χ1n) is 7.05. The summed E-state index contributed by atoms with van der Waals surface area (Å²) in [6.07, 6.45) is 4.97. The molecule has 2 unspecified atom stereocenters. The Labute approximate surface area is 114 Å². The zero-order valence-electron chi connectivity index (χ0n) is 11.7. The largest absolute Gasteiger partial charge is 0.371 e. The molecule has 1 aliphatic rings. The van der Waals surface area contributed by atoms with Gasteiger partial charge in [-0.3, -0.25) is 0 Å². The highest BCUT2D eigenvalue weighted by Crippen LogP contribution is 2.37. The summed E-state index contributed by atoms with van der Waals surface area (Å²) < 4.78 is 5.78. The van der Waals surface area contributed by atoms with Crippen molar-refractivity contribution in [3.8, 4) is 0 Å². The fourth-order valence-electron chi connectivity index (χ4n) is 2.67. The number of likely N-dealkylation sites (N-methyl/N-ethyl adjacent to an activating group) is 1. The molecular formula is C14H24N2OS. The van der Waals surface area contributed by atoms with Gasteiger partial charge in [0.25, 0.3) is 0 Å². The molecule has 3 nitrogen and oxygen atoms in total. The van der Waals surface area contributed by atoms with Gasteiger partial charge in [-0.25, -0.2) is 4.98 Å². The van der Waals surface area contributed by atoms with E-state index >= 15 is 0 Å². The summed E-state index contributed by atoms with van der Waals surface area (Å²) in [7, 11) is 2.02. The average Bonchev–Trinajstić information content (AvgIpc) is 2.81. The van der Waals surface area contributed by atoms with Crippen LogP contribution in [0.3, 0.4) is 0 Å². The zero-order valence-corrected chi connectivity index (χ0v) is 12.5. The molecule has 1 aliphatic carbocycles. The molecule has 102 valence electrons. The van der Waals surface area contributed by atoms with E-state index in [1.165, 1.54) is 34.8 Å². The topological polar surface area (TPSA) is 34.1 Å². The maximum atomic E-state index is 5.78. The van der Waals surface area contributed by atoms with Crippen molar-refractivity contribution in [3.63, 3.8) is 0 Å². The second-order valence-corrected chi connectivity index (χ2v) is 5.97. The first-order chi connectivity index (χ1) is 8.80. The van der Waals surface area contributed by atoms with Crippen molar-refractivity contribution in [2.24, 2.45) is 0 Å². The van der Waals surface area contributed by atoms with Gasteiger partial charge in [-0.1, -0.05) is 6.92 Å². The lowest BCUT2D eigenvalue weighted by molar-refractivity contribution is 0.0595. The summed E-state index contributed by atoms with van der Waals surface area (Å²) in [6, 6.07) is 0. The molecular weight excluding hydrogens is 244 g/mol. The van der Waals surface area contributed by atoms with Gasteiger partial charge in [-0.2, -0.15) is 0 Å². The van der Waals surface area contributed by atoms with Gasteiger partial charge in [0.2, 0.25) is 0 Å². The lowest BCUT2D eigenvalue weighted by atomic mass is 9.91. The summed E-state index contributed by atoms with van der Waals surface area (Å²) in [5.41, 5.74) is 1.34. The van der Waals surface area contributed by atoms with Crippen LogP contribution < -0.4 is 5.32 Å². The van der Waals surface area contributed by atoms with E-state index in [1.807, 2.05) is 18.4 Å². The molecule has 0 fully saturated rings. The van der Waals surface area contributed by atoms with Crippen LogP contribution in [0.2, 0.25) is 0 Å². The second-order valence-electron chi connectivity index (χ2n) is 4.86. The molecule has 0 aliphatic heterocycles. The van der Waals surface area contributed by atoms with Crippen LogP contribution in [0.1, 0.15) is 60.7 Å². The maximum absolute atomic E-state index is 5.78. The highest BCUT2D eigenvalue weighted by Gasteiger charge is 2.26. The van der Waals surface area contributed by atoms with E-state index in [-0.39, 0.29) is 6.10 Å². The number of aryl methyl sites for hydroxylation is 1. The fraction of sp³-hybridized carbons (Fsp3) is 0.786. The van der Waals surface area contributed by atoms with Crippen molar-refractivity contribution in [1.29, 1.82) is 0 Å². The van der Waals surface area contributed by atoms with Gasteiger partial charge in [0.05, 0.1) is 5.69 Å². The summed E-state index contributed by atoms with van der Waals surface area (Å²) in [5, 5.41) is 4.48. The Morgan fingerprint density at radius 1 is 1.50 bits per heavy atom. The number of fused-ring (bicyclic) bond motifs is 1. The molecule has 0 spiro atoms. The molecule has 0 saturated heterocycles. The van der Waals surface area contributed by atoms with Crippen LogP contribution in [-0.4, -0.2) is 25.2 Å². The number of hydrogen-bond donors (Lipinski definition) is 1. The number of nitrogens with one attached hydrogen (secondary N) is 1. The van der Waals surface area contributed by atoms with Gasteiger partial charge in [0.1, 0.15) is 11.1 Å². The first kappa shape index (κ1) is 14.0. The van der Waals surface area contributed by atoms with E-state index in [0.29, 0.717) is 5.92 Å². The van der Waals surface area contributed by atoms with Gasteiger partial charge in [-0.05, 0) is 39.7 Å². The Kier molecular flexibility index (Phi) is 5.15. The molecule has 1 aromatic heterocycles. The molecule has 0 saturated carbocycles. The Balaban J connectivity index is 2.20. The zero-order chi connectivity index (χ0) is 13.0. The van der Waals surface area contributed by atoms with E-state index in [2.05, 4.69) is 19.2 Å². The van der Waals surface area contributed by atoms with Crippen molar-refractivity contribution in [2.45, 2.75) is 51.6 Å². The average molecular weight is 268 g/mol. The van der Waals surface area contributed by atoms with Gasteiger partial charge in [0, 0.05) is 23.9 Å². The number of hydrogen-bond acceptors (Lipinski definition) is 4. The summed E-state index contributed by atoms with van der Waals surface area (Å²) in [5.74, 6) is 0.600. The van der Waals surface area contributed by atoms with Crippen LogP contribution in [0.15, 0.2) is 0 Å². The van der Waals surface area contributed by atoms with E-state index in [0.717, 1.165) is 19.6 Å². The standard InChI is InChI=1S/C14H24N2OS/c1-4-11(17-5-2)14-16-13-10(9-15-3)7-6-8-12(13)18-14/h10-11,15H,4-9H2,1-3H3. The molecule has 1 aromatic rings. The lowest BCUT2D eigenvalue weighted by Gasteiger charge is -2.20. The molecule has 0 amide bonds. The monoisotopic (exact) mass is 268 g/mol. The number of nitrogens with zero attached hydrogens (tertiary/aromatic N) is 1. The quantitative estimate of drug-likeness (QED) is 0.860. The predicted octanol–water partition coefficient (Wildman–Crippen LogP) is 3.27. The van der Waals surface area contributed by atoms with Crippen molar-refractivity contribution in [3.05, 3.63) is 15.6 Å². The van der Waals surface area contributed by atoms with Crippen molar-refractivity contribution in [1.82, 2.24) is 10.3 Å². The van der Waals surface area contributed by atoms with Crippen LogP contribution in [0.25, 0.3) is 0 Å². The normalized spacial score (nSPS) is 20.7. The van der Waals surface area contributed by atoms with Crippen LogP contribution in [-0.2, 0) is 11.2 Å². The molecule has 1 heterocycles. The summed E-state index contributed by atoms with van der Waals surface area (Å²) >= 11 is 1.87. The SMILES string of the molecule is CCOC(CC)c1nc2c(s1)CCCC2CNC. The molecule has 2 rings (SSSR count). The van der Waals surface area contributed by atoms with Gasteiger partial charge >= 0.3 is 0 Å². The maximum Gasteiger partial charge on any atom is 0.122 e. The molecule has 0 aromatic carbocycles. The van der Waals surface area contributed by atoms with Gasteiger partial charge in [0.15, 0.2) is 0 Å². The van der Waals surface area contributed by atoms with Gasteiger partial charge in [-0.15, -0.1) is 11.3 Å². The Hall–Kier alpha value is -0.450. The van der Waals surface area contributed by atoms with Crippen LogP contribution in [0.5, 0.6) is 0 Å². The third-order valence-corrected chi connectivity index (χ3v) is 4.77. The Bertz CT molecular complexity index is 378. The minimum atomic E-state index is 0.195. The van der Waals surface area contributed by atoms with E-state index < -0.39 is 0 Å². The lowest BCUT2D eigenvalue weighted by Crippen LogP contribution is -2.21. The summed E-state index contributed by atoms with van der Waals surface area (Å²) in [4.78, 5) is 6.39. The number of aromatic nitrogens is 1. The van der Waals surface area contributed by atoms with Gasteiger partial charge < -0.3 is 10.1 Å². The number of rotatable bonds is 6. The molecule has 0 radical (unpaired) electrons. The number of ether oxygens (including phenoxy) is 1. The smallest absolute Gasteiger partial charge is 0.122 e. The molecule has 18 heavy (non-hydrogen) atoms. The van der Waals surface area contributed by atoms with Crippen LogP contribution >= 0.6 is 11.3 Å². The van der Waals surface area contributed by atoms with Crippen molar-refractivity contribution >= 4 is 11.3 Å². The van der Waals surface area contributed by atoms with Crippen molar-refractivity contribution in [2.75, 3.05) is 20.2 Å². The van der Waals surface area contributed by atoms with E-state index in [9.17, 15) is 0 Å². The number of thiazole rings is 1. The highest BCUT2D eigenvalue weighted by atomic mass is 32.1.